The van der Waals surface area contributed by atoms with E-state index in [9.17, 15) is 9.59 Å². The van der Waals surface area contributed by atoms with Gasteiger partial charge in [0.1, 0.15) is 5.65 Å². The van der Waals surface area contributed by atoms with Gasteiger partial charge in [-0.3, -0.25) is 19.0 Å². The van der Waals surface area contributed by atoms with Crippen molar-refractivity contribution < 1.29 is 4.79 Å². The smallest absolute Gasteiger partial charge is 0.253 e. The summed E-state index contributed by atoms with van der Waals surface area (Å²) >= 11 is 0. The summed E-state index contributed by atoms with van der Waals surface area (Å²) in [6.07, 6.45) is 2.15. The molecule has 0 fully saturated rings. The average molecular weight is 393 g/mol. The molecule has 0 unspecified atom stereocenters. The van der Waals surface area contributed by atoms with Crippen molar-refractivity contribution in [2.75, 3.05) is 5.32 Å². The normalized spacial score (nSPS) is 11.5. The summed E-state index contributed by atoms with van der Waals surface area (Å²) in [5.74, 6) is -0.172. The number of carbonyl (C=O) groups excluding carboxylic acids is 1. The van der Waals surface area contributed by atoms with E-state index in [1.54, 1.807) is 22.6 Å². The highest BCUT2D eigenvalue weighted by Crippen LogP contribution is 2.22. The van der Waals surface area contributed by atoms with Gasteiger partial charge in [0.05, 0.1) is 23.3 Å². The number of H-pyrrole nitrogens is 1. The van der Waals surface area contributed by atoms with Crippen LogP contribution in [0, 0.1) is 20.8 Å². The van der Waals surface area contributed by atoms with Gasteiger partial charge in [0.15, 0.2) is 5.65 Å². The van der Waals surface area contributed by atoms with E-state index in [1.165, 1.54) is 0 Å². The maximum Gasteiger partial charge on any atom is 0.253 e. The van der Waals surface area contributed by atoms with Gasteiger partial charge in [-0.25, -0.2) is 4.98 Å². The zero-order valence-corrected chi connectivity index (χ0v) is 17.1. The summed E-state index contributed by atoms with van der Waals surface area (Å²) in [6, 6.07) is 1.87. The summed E-state index contributed by atoms with van der Waals surface area (Å²) < 4.78 is 3.38. The van der Waals surface area contributed by atoms with E-state index in [2.05, 4.69) is 25.5 Å². The number of nitrogens with zero attached hydrogens (tertiary/aromatic N) is 5. The molecule has 2 N–H and O–H groups in total. The minimum Gasteiger partial charge on any atom is -0.325 e. The summed E-state index contributed by atoms with van der Waals surface area (Å²) in [7, 11) is 3.63. The van der Waals surface area contributed by atoms with E-state index < -0.39 is 0 Å². The van der Waals surface area contributed by atoms with E-state index in [-0.39, 0.29) is 17.9 Å². The van der Waals surface area contributed by atoms with Gasteiger partial charge in [-0.05, 0) is 38.8 Å². The summed E-state index contributed by atoms with van der Waals surface area (Å²) in [5, 5.41) is 13.4. The van der Waals surface area contributed by atoms with Crippen LogP contribution in [-0.2, 0) is 25.3 Å². The number of aryl methyl sites for hydroxylation is 5. The largest absolute Gasteiger partial charge is 0.325 e. The molecular weight excluding hydrogens is 370 g/mol. The molecule has 4 aromatic heterocycles. The first kappa shape index (κ1) is 18.9. The van der Waals surface area contributed by atoms with Crippen molar-refractivity contribution in [3.63, 3.8) is 0 Å². The lowest BCUT2D eigenvalue weighted by Gasteiger charge is -2.08. The summed E-state index contributed by atoms with van der Waals surface area (Å²) in [6.45, 7) is 5.72. The predicted octanol–water partition coefficient (Wildman–Crippen LogP) is 2.04. The number of carbonyl (C=O) groups is 1. The summed E-state index contributed by atoms with van der Waals surface area (Å²) in [5.41, 5.74) is 5.09. The molecule has 4 aromatic rings. The van der Waals surface area contributed by atoms with Gasteiger partial charge in [0, 0.05) is 36.9 Å². The number of pyridine rings is 2. The fourth-order valence-corrected chi connectivity index (χ4v) is 3.89. The Morgan fingerprint density at radius 2 is 1.86 bits per heavy atom. The fourth-order valence-electron chi connectivity index (χ4n) is 3.89. The van der Waals surface area contributed by atoms with Crippen molar-refractivity contribution in [1.82, 2.24) is 29.5 Å². The van der Waals surface area contributed by atoms with E-state index in [0.717, 1.165) is 33.4 Å². The molecule has 0 aromatic carbocycles. The van der Waals surface area contributed by atoms with Gasteiger partial charge < -0.3 is 10.3 Å². The molecule has 0 aliphatic carbocycles. The predicted molar refractivity (Wildman–Crippen MR) is 111 cm³/mol. The highest BCUT2D eigenvalue weighted by molar-refractivity contribution is 5.93. The molecule has 0 aliphatic heterocycles. The maximum absolute atomic E-state index is 12.5. The Balaban J connectivity index is 1.54. The fraction of sp³-hybridized carbons (Fsp3) is 0.350. The minimum absolute atomic E-state index is 0.172. The van der Waals surface area contributed by atoms with Crippen LogP contribution in [0.25, 0.3) is 22.1 Å². The van der Waals surface area contributed by atoms with Crippen LogP contribution in [0.3, 0.4) is 0 Å². The molecule has 4 heterocycles. The third-order valence-corrected chi connectivity index (χ3v) is 5.30. The minimum atomic E-state index is -0.181. The molecule has 150 valence electrons. The molecule has 1 amide bonds. The first-order valence-electron chi connectivity index (χ1n) is 9.40. The Labute approximate surface area is 166 Å². The Morgan fingerprint density at radius 1 is 1.14 bits per heavy atom. The zero-order valence-electron chi connectivity index (χ0n) is 17.1. The number of rotatable bonds is 4. The zero-order chi connectivity index (χ0) is 20.9. The number of aromatic amines is 1. The van der Waals surface area contributed by atoms with Crippen molar-refractivity contribution in [3.8, 4) is 0 Å². The number of anilines is 1. The number of amides is 1. The van der Waals surface area contributed by atoms with Crippen molar-refractivity contribution in [1.29, 1.82) is 0 Å². The van der Waals surface area contributed by atoms with Gasteiger partial charge in [-0.1, -0.05) is 0 Å². The lowest BCUT2D eigenvalue weighted by Crippen LogP contribution is -2.19. The topological polar surface area (TPSA) is 110 Å². The Morgan fingerprint density at radius 3 is 2.62 bits per heavy atom. The van der Waals surface area contributed by atoms with Gasteiger partial charge in [-0.15, -0.1) is 0 Å². The van der Waals surface area contributed by atoms with Crippen molar-refractivity contribution in [2.45, 2.75) is 33.6 Å². The molecule has 0 bridgehead atoms. The lowest BCUT2D eigenvalue weighted by molar-refractivity contribution is -0.116. The van der Waals surface area contributed by atoms with Crippen LogP contribution in [0.2, 0.25) is 0 Å². The SMILES string of the molecule is Cc1nn(C)c2ncc(NC(=O)CCc3c(C)c4c(C)nn(C)c4[nH]c3=O)cc12. The number of fused-ring (bicyclic) bond motifs is 2. The molecule has 9 nitrogen and oxygen atoms in total. The molecule has 29 heavy (non-hydrogen) atoms. The summed E-state index contributed by atoms with van der Waals surface area (Å²) in [4.78, 5) is 32.3. The molecule has 0 atom stereocenters. The quantitative estimate of drug-likeness (QED) is 0.551. The number of hydrogen-bond donors (Lipinski definition) is 2. The Kier molecular flexibility index (Phi) is 4.45. The lowest BCUT2D eigenvalue weighted by atomic mass is 10.0. The third kappa shape index (κ3) is 3.18. The van der Waals surface area contributed by atoms with Gasteiger partial charge in [-0.2, -0.15) is 10.2 Å². The molecular formula is C20H23N7O2. The molecule has 0 saturated carbocycles. The Bertz CT molecular complexity index is 1330. The standard InChI is InChI=1S/C20H23N7O2/c1-10-14(20(29)23-19-17(10)12(3)25-27(19)5)6-7-16(28)22-13-8-15-11(2)24-26(4)18(15)21-9-13/h8-9H,6-7H2,1-5H3,(H,22,28)(H,23,29). The van der Waals surface area contributed by atoms with Crippen molar-refractivity contribution in [2.24, 2.45) is 14.1 Å². The van der Waals surface area contributed by atoms with E-state index >= 15 is 0 Å². The molecule has 0 aliphatic rings. The second kappa shape index (κ2) is 6.84. The van der Waals surface area contributed by atoms with Crippen molar-refractivity contribution in [3.05, 3.63) is 45.1 Å². The highest BCUT2D eigenvalue weighted by atomic mass is 16.1. The second-order valence-corrected chi connectivity index (χ2v) is 7.34. The monoisotopic (exact) mass is 393 g/mol. The van der Waals surface area contributed by atoms with Gasteiger partial charge in [0.25, 0.3) is 5.56 Å². The average Bonchev–Trinajstić information content (AvgIpc) is 3.10. The van der Waals surface area contributed by atoms with Crippen LogP contribution in [0.5, 0.6) is 0 Å². The van der Waals surface area contributed by atoms with Crippen LogP contribution in [0.4, 0.5) is 5.69 Å². The number of nitrogens with one attached hydrogen (secondary N) is 2. The molecule has 0 radical (unpaired) electrons. The first-order chi connectivity index (χ1) is 13.8. The molecule has 0 spiro atoms. The third-order valence-electron chi connectivity index (χ3n) is 5.30. The van der Waals surface area contributed by atoms with Crippen LogP contribution >= 0.6 is 0 Å². The van der Waals surface area contributed by atoms with E-state index in [0.29, 0.717) is 23.3 Å². The second-order valence-electron chi connectivity index (χ2n) is 7.34. The number of hydrogen-bond acceptors (Lipinski definition) is 5. The van der Waals surface area contributed by atoms with Crippen LogP contribution in [0.1, 0.15) is 28.9 Å². The van der Waals surface area contributed by atoms with E-state index in [1.807, 2.05) is 33.9 Å². The Hall–Kier alpha value is -3.49. The maximum atomic E-state index is 12.5. The van der Waals surface area contributed by atoms with E-state index in [4.69, 9.17) is 0 Å². The van der Waals surface area contributed by atoms with Gasteiger partial charge >= 0.3 is 0 Å². The van der Waals surface area contributed by atoms with Crippen LogP contribution < -0.4 is 10.9 Å². The first-order valence-corrected chi connectivity index (χ1v) is 9.40. The van der Waals surface area contributed by atoms with Crippen molar-refractivity contribution >= 4 is 33.7 Å². The van der Waals surface area contributed by atoms with Crippen LogP contribution in [0.15, 0.2) is 17.1 Å². The van der Waals surface area contributed by atoms with Crippen LogP contribution in [-0.4, -0.2) is 35.4 Å². The molecule has 4 rings (SSSR count). The molecule has 9 heteroatoms. The highest BCUT2D eigenvalue weighted by Gasteiger charge is 2.16. The molecule has 0 saturated heterocycles. The van der Waals surface area contributed by atoms with Gasteiger partial charge in [0.2, 0.25) is 5.91 Å². The number of aromatic nitrogens is 6.